The molecule has 0 unspecified atom stereocenters. The number of hydrogen-bond acceptors (Lipinski definition) is 4. The van der Waals surface area contributed by atoms with Crippen LogP contribution in [0.5, 0.6) is 0 Å². The highest BCUT2D eigenvalue weighted by atomic mass is 79.9. The highest BCUT2D eigenvalue weighted by Crippen LogP contribution is 2.33. The summed E-state index contributed by atoms with van der Waals surface area (Å²) in [7, 11) is 0. The number of halogens is 1. The number of benzene rings is 1. The second-order valence-corrected chi connectivity index (χ2v) is 5.76. The lowest BCUT2D eigenvalue weighted by Gasteiger charge is -2.22. The van der Waals surface area contributed by atoms with Crippen LogP contribution in [0.25, 0.3) is 10.9 Å². The van der Waals surface area contributed by atoms with Crippen molar-refractivity contribution < 1.29 is 0 Å². The van der Waals surface area contributed by atoms with Crippen molar-refractivity contribution in [1.29, 1.82) is 0 Å². The molecule has 0 aliphatic carbocycles. The summed E-state index contributed by atoms with van der Waals surface area (Å²) in [5.74, 6) is 0.739. The van der Waals surface area contributed by atoms with E-state index in [0.29, 0.717) is 0 Å². The second kappa shape index (κ2) is 4.38. The van der Waals surface area contributed by atoms with Gasteiger partial charge in [-0.05, 0) is 64.0 Å². The molecule has 0 spiro atoms. The number of H-pyrrole nitrogens is 1. The highest BCUT2D eigenvalue weighted by molar-refractivity contribution is 9.10. The Hall–Kier alpha value is -1.82. The van der Waals surface area contributed by atoms with Crippen LogP contribution in [0.4, 0.5) is 0 Å². The number of rotatable bonds is 2. The van der Waals surface area contributed by atoms with E-state index in [1.807, 2.05) is 12.1 Å². The average Bonchev–Trinajstić information content (AvgIpc) is 2.93. The summed E-state index contributed by atoms with van der Waals surface area (Å²) in [4.78, 5) is 4.37. The van der Waals surface area contributed by atoms with E-state index >= 15 is 0 Å². The predicted molar refractivity (Wildman–Crippen MR) is 75.7 cm³/mol. The van der Waals surface area contributed by atoms with Gasteiger partial charge in [0.05, 0.1) is 10.9 Å². The van der Waals surface area contributed by atoms with Crippen LogP contribution >= 0.6 is 15.9 Å². The molecule has 19 heavy (non-hydrogen) atoms. The van der Waals surface area contributed by atoms with Crippen molar-refractivity contribution in [3.8, 4) is 0 Å². The van der Waals surface area contributed by atoms with E-state index in [4.69, 9.17) is 0 Å². The molecule has 0 amide bonds. The fraction of sp³-hybridized carbons (Fsp3) is 0.231. The van der Waals surface area contributed by atoms with E-state index in [1.54, 1.807) is 6.20 Å². The van der Waals surface area contributed by atoms with Crippen molar-refractivity contribution >= 4 is 26.8 Å². The smallest absolute Gasteiger partial charge is 0.158 e. The largest absolute Gasteiger partial charge is 0.255 e. The Morgan fingerprint density at radius 1 is 1.26 bits per heavy atom. The molecule has 96 valence electrons. The lowest BCUT2D eigenvalue weighted by molar-refractivity contribution is 0.592. The predicted octanol–water partition coefficient (Wildman–Crippen LogP) is 2.84. The van der Waals surface area contributed by atoms with Gasteiger partial charge in [0.1, 0.15) is 0 Å². The van der Waals surface area contributed by atoms with Crippen molar-refractivity contribution in [2.75, 3.05) is 0 Å². The molecule has 0 aliphatic heterocycles. The van der Waals surface area contributed by atoms with Crippen LogP contribution in [0.2, 0.25) is 0 Å². The standard InChI is InChI=1S/C13H12BrN5/c1-13(2,12-16-18-19-17-12)9-6-8-4-3-5-15-11(8)10(14)7-9/h3-7H,1-2H3,(H,16,17,18,19). The topological polar surface area (TPSA) is 67.3 Å². The molecule has 0 radical (unpaired) electrons. The van der Waals surface area contributed by atoms with Crippen LogP contribution in [-0.2, 0) is 5.41 Å². The van der Waals surface area contributed by atoms with Crippen LogP contribution in [0.15, 0.2) is 34.9 Å². The SMILES string of the molecule is CC(C)(c1cc(Br)c2ncccc2c1)c1nnn[nH]1. The number of aromatic amines is 1. The van der Waals surface area contributed by atoms with Crippen molar-refractivity contribution in [1.82, 2.24) is 25.6 Å². The third-order valence-corrected chi connectivity index (χ3v) is 3.92. The molecule has 3 aromatic rings. The van der Waals surface area contributed by atoms with E-state index in [2.05, 4.69) is 67.5 Å². The number of hydrogen-bond donors (Lipinski definition) is 1. The van der Waals surface area contributed by atoms with Gasteiger partial charge in [-0.2, -0.15) is 0 Å². The Morgan fingerprint density at radius 2 is 2.11 bits per heavy atom. The van der Waals surface area contributed by atoms with Crippen LogP contribution in [0.3, 0.4) is 0 Å². The quantitative estimate of drug-likeness (QED) is 0.789. The number of aromatic nitrogens is 5. The Balaban J connectivity index is 2.21. The zero-order chi connectivity index (χ0) is 13.5. The van der Waals surface area contributed by atoms with Crippen molar-refractivity contribution in [3.05, 3.63) is 46.3 Å². The first-order valence-electron chi connectivity index (χ1n) is 5.88. The van der Waals surface area contributed by atoms with Gasteiger partial charge in [0, 0.05) is 16.1 Å². The van der Waals surface area contributed by atoms with Gasteiger partial charge in [-0.25, -0.2) is 5.10 Å². The van der Waals surface area contributed by atoms with Crippen molar-refractivity contribution in [2.45, 2.75) is 19.3 Å². The maximum Gasteiger partial charge on any atom is 0.158 e. The third kappa shape index (κ3) is 2.02. The monoisotopic (exact) mass is 317 g/mol. The van der Waals surface area contributed by atoms with Gasteiger partial charge in [0.15, 0.2) is 5.82 Å². The molecule has 0 bridgehead atoms. The zero-order valence-electron chi connectivity index (χ0n) is 10.6. The molecule has 1 N–H and O–H groups in total. The van der Waals surface area contributed by atoms with E-state index in [1.165, 1.54) is 0 Å². The molecular weight excluding hydrogens is 306 g/mol. The normalized spacial score (nSPS) is 11.9. The number of pyridine rings is 1. The minimum Gasteiger partial charge on any atom is -0.255 e. The zero-order valence-corrected chi connectivity index (χ0v) is 12.1. The number of nitrogens with zero attached hydrogens (tertiary/aromatic N) is 4. The van der Waals surface area contributed by atoms with Gasteiger partial charge in [-0.1, -0.05) is 6.07 Å². The van der Waals surface area contributed by atoms with Crippen molar-refractivity contribution in [2.24, 2.45) is 0 Å². The molecule has 0 aliphatic rings. The minimum atomic E-state index is -0.296. The summed E-state index contributed by atoms with van der Waals surface area (Å²) in [5.41, 5.74) is 1.78. The first kappa shape index (κ1) is 12.2. The molecule has 2 aromatic heterocycles. The van der Waals surface area contributed by atoms with Crippen molar-refractivity contribution in [3.63, 3.8) is 0 Å². The Labute approximate surface area is 118 Å². The molecule has 6 heteroatoms. The first-order valence-corrected chi connectivity index (χ1v) is 6.67. The second-order valence-electron chi connectivity index (χ2n) is 4.91. The van der Waals surface area contributed by atoms with Gasteiger partial charge in [-0.15, -0.1) is 5.10 Å². The lowest BCUT2D eigenvalue weighted by atomic mass is 9.83. The summed E-state index contributed by atoms with van der Waals surface area (Å²) < 4.78 is 0.973. The molecule has 0 fully saturated rings. The molecule has 2 heterocycles. The maximum atomic E-state index is 4.37. The first-order chi connectivity index (χ1) is 9.09. The Bertz CT molecular complexity index is 721. The minimum absolute atomic E-state index is 0.296. The highest BCUT2D eigenvalue weighted by Gasteiger charge is 2.27. The summed E-state index contributed by atoms with van der Waals surface area (Å²) in [5, 5.41) is 15.3. The van der Waals surface area contributed by atoms with Crippen LogP contribution < -0.4 is 0 Å². The summed E-state index contributed by atoms with van der Waals surface area (Å²) in [6, 6.07) is 8.17. The van der Waals surface area contributed by atoms with Crippen LogP contribution in [0.1, 0.15) is 25.2 Å². The van der Waals surface area contributed by atoms with Gasteiger partial charge >= 0.3 is 0 Å². The summed E-state index contributed by atoms with van der Waals surface area (Å²) in [6.07, 6.45) is 1.79. The van der Waals surface area contributed by atoms with Gasteiger partial charge in [-0.3, -0.25) is 4.98 Å². The molecule has 0 saturated heterocycles. The fourth-order valence-electron chi connectivity index (χ4n) is 2.07. The fourth-order valence-corrected chi connectivity index (χ4v) is 2.65. The molecule has 1 aromatic carbocycles. The Morgan fingerprint density at radius 3 is 2.84 bits per heavy atom. The lowest BCUT2D eigenvalue weighted by Crippen LogP contribution is -2.21. The van der Waals surface area contributed by atoms with Crippen LogP contribution in [0, 0.1) is 0 Å². The van der Waals surface area contributed by atoms with E-state index in [9.17, 15) is 0 Å². The summed E-state index contributed by atoms with van der Waals surface area (Å²) >= 11 is 3.58. The molecule has 5 nitrogen and oxygen atoms in total. The van der Waals surface area contributed by atoms with Gasteiger partial charge in [0.2, 0.25) is 0 Å². The molecule has 3 rings (SSSR count). The molecule has 0 saturated carbocycles. The number of tetrazole rings is 1. The van der Waals surface area contributed by atoms with Gasteiger partial charge < -0.3 is 0 Å². The van der Waals surface area contributed by atoms with E-state index < -0.39 is 0 Å². The molecular formula is C13H12BrN5. The Kier molecular flexibility index (Phi) is 2.82. The number of fused-ring (bicyclic) bond motifs is 1. The van der Waals surface area contributed by atoms with E-state index in [0.717, 1.165) is 26.8 Å². The average molecular weight is 318 g/mol. The number of nitrogens with one attached hydrogen (secondary N) is 1. The third-order valence-electron chi connectivity index (χ3n) is 3.32. The van der Waals surface area contributed by atoms with Crippen LogP contribution in [-0.4, -0.2) is 25.6 Å². The summed E-state index contributed by atoms with van der Waals surface area (Å²) in [6.45, 7) is 4.17. The molecule has 0 atom stereocenters. The van der Waals surface area contributed by atoms with Gasteiger partial charge in [0.25, 0.3) is 0 Å². The van der Waals surface area contributed by atoms with E-state index in [-0.39, 0.29) is 5.41 Å². The maximum absolute atomic E-state index is 4.37.